The fourth-order valence-electron chi connectivity index (χ4n) is 2.22. The zero-order valence-corrected chi connectivity index (χ0v) is 11.4. The average molecular weight is 265 g/mol. The number of aromatic nitrogens is 2. The van der Waals surface area contributed by atoms with E-state index in [4.69, 9.17) is 11.6 Å². The van der Waals surface area contributed by atoms with Crippen LogP contribution in [0.1, 0.15) is 22.4 Å². The molecular weight excluding hydrogens is 252 g/mol. The van der Waals surface area contributed by atoms with Gasteiger partial charge in [-0.1, -0.05) is 17.7 Å². The maximum absolute atomic E-state index is 6.40. The molecule has 2 aromatic rings. The number of thioether (sulfide) groups is 1. The average Bonchev–Trinajstić information content (AvgIpc) is 2.80. The Bertz CT molecular complexity index is 569. The van der Waals surface area contributed by atoms with Crippen LogP contribution < -0.4 is 0 Å². The van der Waals surface area contributed by atoms with E-state index in [1.807, 2.05) is 16.4 Å². The van der Waals surface area contributed by atoms with E-state index in [2.05, 4.69) is 37.1 Å². The highest BCUT2D eigenvalue weighted by Gasteiger charge is 2.22. The van der Waals surface area contributed by atoms with Crippen LogP contribution >= 0.6 is 23.4 Å². The van der Waals surface area contributed by atoms with E-state index >= 15 is 0 Å². The van der Waals surface area contributed by atoms with E-state index in [1.165, 1.54) is 16.7 Å². The summed E-state index contributed by atoms with van der Waals surface area (Å²) in [5.41, 5.74) is 5.88. The van der Waals surface area contributed by atoms with Crippen LogP contribution in [0.4, 0.5) is 0 Å². The van der Waals surface area contributed by atoms with Gasteiger partial charge < -0.3 is 0 Å². The minimum Gasteiger partial charge on any atom is -0.222 e. The van der Waals surface area contributed by atoms with Crippen molar-refractivity contribution in [3.05, 3.63) is 45.7 Å². The quantitative estimate of drug-likeness (QED) is 0.778. The van der Waals surface area contributed by atoms with Crippen LogP contribution in [-0.4, -0.2) is 9.78 Å². The summed E-state index contributed by atoms with van der Waals surface area (Å²) in [5, 5.41) is 5.38. The van der Waals surface area contributed by atoms with Gasteiger partial charge >= 0.3 is 0 Å². The van der Waals surface area contributed by atoms with Gasteiger partial charge in [-0.05, 0) is 37.1 Å². The predicted octanol–water partition coefficient (Wildman–Crippen LogP) is 3.89. The summed E-state index contributed by atoms with van der Waals surface area (Å²) >= 11 is 8.27. The van der Waals surface area contributed by atoms with Crippen LogP contribution in [0, 0.1) is 13.8 Å². The Hall–Kier alpha value is -0.930. The normalized spacial score (nSPS) is 14.1. The molecule has 0 bridgehead atoms. The lowest BCUT2D eigenvalue weighted by molar-refractivity contribution is 0.858. The molecule has 17 heavy (non-hydrogen) atoms. The van der Waals surface area contributed by atoms with E-state index in [1.54, 1.807) is 0 Å². The third-order valence-corrected chi connectivity index (χ3v) is 4.30. The lowest BCUT2D eigenvalue weighted by Crippen LogP contribution is -1.99. The molecule has 2 heterocycles. The highest BCUT2D eigenvalue weighted by atomic mass is 35.5. The summed E-state index contributed by atoms with van der Waals surface area (Å²) in [5.74, 6) is 1.96. The van der Waals surface area contributed by atoms with Gasteiger partial charge in [0.25, 0.3) is 0 Å². The standard InChI is InChI=1S/C13H13ClN2S/c1-8-3-9(2)5-10(4-8)16-13(14)11-6-17-7-12(11)15-16/h3-5H,6-7H2,1-2H3. The highest BCUT2D eigenvalue weighted by molar-refractivity contribution is 7.98. The molecule has 0 fully saturated rings. The van der Waals surface area contributed by atoms with E-state index in [0.29, 0.717) is 0 Å². The summed E-state index contributed by atoms with van der Waals surface area (Å²) in [6.07, 6.45) is 0. The Morgan fingerprint density at radius 3 is 2.53 bits per heavy atom. The molecule has 0 radical (unpaired) electrons. The van der Waals surface area contributed by atoms with Crippen molar-refractivity contribution in [2.24, 2.45) is 0 Å². The summed E-state index contributed by atoms with van der Waals surface area (Å²) in [6.45, 7) is 4.19. The van der Waals surface area contributed by atoms with Gasteiger partial charge in [-0.15, -0.1) is 0 Å². The summed E-state index contributed by atoms with van der Waals surface area (Å²) in [7, 11) is 0. The molecule has 1 aliphatic rings. The first-order valence-corrected chi connectivity index (χ1v) is 7.11. The van der Waals surface area contributed by atoms with Gasteiger partial charge in [-0.2, -0.15) is 16.9 Å². The Kier molecular flexibility index (Phi) is 2.68. The van der Waals surface area contributed by atoms with Gasteiger partial charge in [0.05, 0.1) is 11.4 Å². The minimum absolute atomic E-state index is 0.773. The van der Waals surface area contributed by atoms with Gasteiger partial charge in [0, 0.05) is 17.1 Å². The van der Waals surface area contributed by atoms with Gasteiger partial charge in [0.15, 0.2) is 0 Å². The number of hydrogen-bond acceptors (Lipinski definition) is 2. The van der Waals surface area contributed by atoms with E-state index in [9.17, 15) is 0 Å². The van der Waals surface area contributed by atoms with Crippen LogP contribution in [-0.2, 0) is 11.5 Å². The van der Waals surface area contributed by atoms with Gasteiger partial charge in [0.1, 0.15) is 5.15 Å². The van der Waals surface area contributed by atoms with Crippen molar-refractivity contribution in [2.75, 3.05) is 0 Å². The third-order valence-electron chi connectivity index (χ3n) is 2.94. The fraction of sp³-hybridized carbons (Fsp3) is 0.308. The van der Waals surface area contributed by atoms with Crippen molar-refractivity contribution in [1.82, 2.24) is 9.78 Å². The molecule has 0 N–H and O–H groups in total. The molecule has 4 heteroatoms. The maximum Gasteiger partial charge on any atom is 0.137 e. The number of aryl methyl sites for hydroxylation is 2. The first-order valence-electron chi connectivity index (χ1n) is 5.58. The zero-order chi connectivity index (χ0) is 12.0. The molecule has 2 nitrogen and oxygen atoms in total. The number of rotatable bonds is 1. The molecule has 1 aromatic carbocycles. The molecule has 3 rings (SSSR count). The SMILES string of the molecule is Cc1cc(C)cc(-n2nc3c(c2Cl)CSC3)c1. The lowest BCUT2D eigenvalue weighted by atomic mass is 10.1. The number of nitrogens with zero attached hydrogens (tertiary/aromatic N) is 2. The maximum atomic E-state index is 6.40. The summed E-state index contributed by atoms with van der Waals surface area (Å²) < 4.78 is 1.87. The lowest BCUT2D eigenvalue weighted by Gasteiger charge is -2.07. The Morgan fingerprint density at radius 1 is 1.18 bits per heavy atom. The van der Waals surface area contributed by atoms with Crippen LogP contribution in [0.2, 0.25) is 5.15 Å². The van der Waals surface area contributed by atoms with Crippen molar-refractivity contribution < 1.29 is 0 Å². The third kappa shape index (κ3) is 1.87. The molecule has 0 amide bonds. The van der Waals surface area contributed by atoms with Crippen molar-refractivity contribution in [1.29, 1.82) is 0 Å². The largest absolute Gasteiger partial charge is 0.222 e. The number of hydrogen-bond donors (Lipinski definition) is 0. The molecule has 88 valence electrons. The second kappa shape index (κ2) is 4.07. The second-order valence-electron chi connectivity index (χ2n) is 4.47. The molecule has 0 saturated carbocycles. The topological polar surface area (TPSA) is 17.8 Å². The predicted molar refractivity (Wildman–Crippen MR) is 73.0 cm³/mol. The zero-order valence-electron chi connectivity index (χ0n) is 9.83. The van der Waals surface area contributed by atoms with Crippen molar-refractivity contribution >= 4 is 23.4 Å². The Labute approximate surface area is 110 Å². The van der Waals surface area contributed by atoms with Crippen molar-refractivity contribution in [2.45, 2.75) is 25.4 Å². The van der Waals surface area contributed by atoms with Crippen LogP contribution in [0.5, 0.6) is 0 Å². The van der Waals surface area contributed by atoms with Crippen LogP contribution in [0.25, 0.3) is 5.69 Å². The molecule has 0 saturated heterocycles. The first kappa shape index (κ1) is 11.2. The number of benzene rings is 1. The summed E-state index contributed by atoms with van der Waals surface area (Å²) in [6, 6.07) is 6.40. The molecule has 0 spiro atoms. The molecular formula is C13H13ClN2S. The summed E-state index contributed by atoms with van der Waals surface area (Å²) in [4.78, 5) is 0. The fourth-order valence-corrected chi connectivity index (χ4v) is 3.65. The number of fused-ring (bicyclic) bond motifs is 1. The second-order valence-corrected chi connectivity index (χ2v) is 5.81. The van der Waals surface area contributed by atoms with E-state index in [-0.39, 0.29) is 0 Å². The van der Waals surface area contributed by atoms with Crippen LogP contribution in [0.3, 0.4) is 0 Å². The molecule has 1 aliphatic heterocycles. The number of halogens is 1. The smallest absolute Gasteiger partial charge is 0.137 e. The van der Waals surface area contributed by atoms with Crippen molar-refractivity contribution in [3.8, 4) is 5.69 Å². The molecule has 0 atom stereocenters. The van der Waals surface area contributed by atoms with Crippen molar-refractivity contribution in [3.63, 3.8) is 0 Å². The van der Waals surface area contributed by atoms with Gasteiger partial charge in [0.2, 0.25) is 0 Å². The minimum atomic E-state index is 0.773. The highest BCUT2D eigenvalue weighted by Crippen LogP contribution is 2.35. The Morgan fingerprint density at radius 2 is 1.88 bits per heavy atom. The van der Waals surface area contributed by atoms with Gasteiger partial charge in [-0.25, -0.2) is 4.68 Å². The first-order chi connectivity index (χ1) is 8.15. The van der Waals surface area contributed by atoms with Crippen LogP contribution in [0.15, 0.2) is 18.2 Å². The van der Waals surface area contributed by atoms with E-state index < -0.39 is 0 Å². The molecule has 1 aromatic heterocycles. The van der Waals surface area contributed by atoms with E-state index in [0.717, 1.165) is 28.0 Å². The van der Waals surface area contributed by atoms with Gasteiger partial charge in [-0.3, -0.25) is 0 Å². The Balaban J connectivity index is 2.15. The molecule has 0 unspecified atom stereocenters. The monoisotopic (exact) mass is 264 g/mol. The molecule has 0 aliphatic carbocycles.